The number of carbonyl (C=O) groups excluding carboxylic acids is 1. The Morgan fingerprint density at radius 2 is 1.56 bits per heavy atom. The Labute approximate surface area is 163 Å². The highest BCUT2D eigenvalue weighted by molar-refractivity contribution is 6.32. The van der Waals surface area contributed by atoms with Gasteiger partial charge in [0.1, 0.15) is 0 Å². The summed E-state index contributed by atoms with van der Waals surface area (Å²) in [5.41, 5.74) is 0.905. The Hall–Kier alpha value is -2.73. The third-order valence-electron chi connectivity index (χ3n) is 3.38. The summed E-state index contributed by atoms with van der Waals surface area (Å²) >= 11 is 6.31. The van der Waals surface area contributed by atoms with E-state index in [9.17, 15) is 9.59 Å². The van der Waals surface area contributed by atoms with Crippen LogP contribution in [0.2, 0.25) is 5.02 Å². The lowest BCUT2D eigenvalue weighted by Crippen LogP contribution is -2.15. The van der Waals surface area contributed by atoms with Crippen molar-refractivity contribution in [2.24, 2.45) is 0 Å². The highest BCUT2D eigenvalue weighted by Gasteiger charge is 2.18. The number of halogens is 1. The number of anilines is 1. The van der Waals surface area contributed by atoms with Crippen LogP contribution in [0.5, 0.6) is 11.5 Å². The fourth-order valence-corrected chi connectivity index (χ4v) is 2.55. The third kappa shape index (κ3) is 5.62. The van der Waals surface area contributed by atoms with Crippen molar-refractivity contribution in [2.75, 3.05) is 5.32 Å². The minimum atomic E-state index is -1.03. The topological polar surface area (TPSA) is 84.9 Å². The van der Waals surface area contributed by atoms with Crippen molar-refractivity contribution in [3.8, 4) is 11.5 Å². The van der Waals surface area contributed by atoms with Gasteiger partial charge in [-0.1, -0.05) is 11.6 Å². The molecule has 0 saturated heterocycles. The molecule has 0 atom stereocenters. The molecule has 2 rings (SSSR count). The molecule has 27 heavy (non-hydrogen) atoms. The molecule has 7 heteroatoms. The summed E-state index contributed by atoms with van der Waals surface area (Å²) in [7, 11) is 0. The van der Waals surface area contributed by atoms with Crippen LogP contribution in [0, 0.1) is 0 Å². The van der Waals surface area contributed by atoms with E-state index in [4.69, 9.17) is 26.2 Å². The van der Waals surface area contributed by atoms with Crippen molar-refractivity contribution >= 4 is 29.2 Å². The average molecular weight is 392 g/mol. The van der Waals surface area contributed by atoms with Gasteiger partial charge in [-0.25, -0.2) is 4.79 Å². The minimum absolute atomic E-state index is 0.107. The second kappa shape index (κ2) is 8.77. The van der Waals surface area contributed by atoms with Gasteiger partial charge in [-0.05, 0) is 64.1 Å². The van der Waals surface area contributed by atoms with E-state index in [2.05, 4.69) is 5.32 Å². The van der Waals surface area contributed by atoms with Crippen LogP contribution in [0.15, 0.2) is 36.4 Å². The summed E-state index contributed by atoms with van der Waals surface area (Å²) in [6.45, 7) is 7.47. The van der Waals surface area contributed by atoms with Gasteiger partial charge in [0.15, 0.2) is 11.5 Å². The average Bonchev–Trinajstić information content (AvgIpc) is 2.57. The minimum Gasteiger partial charge on any atom is -0.487 e. The Kier molecular flexibility index (Phi) is 6.69. The number of carboxylic acids is 1. The van der Waals surface area contributed by atoms with Gasteiger partial charge in [0, 0.05) is 11.3 Å². The molecule has 0 fully saturated rings. The number of hydrogen-bond donors (Lipinski definition) is 2. The van der Waals surface area contributed by atoms with Crippen LogP contribution in [-0.4, -0.2) is 29.2 Å². The molecule has 2 N–H and O–H groups in total. The van der Waals surface area contributed by atoms with E-state index in [-0.39, 0.29) is 22.8 Å². The molecule has 0 spiro atoms. The van der Waals surface area contributed by atoms with Crippen LogP contribution >= 0.6 is 11.6 Å². The standard InChI is InChI=1S/C20H22ClNO5/c1-11(2)26-17-10-14(9-16(21)18(17)27-12(3)4)19(23)22-15-7-5-13(6-8-15)20(24)25/h5-12H,1-4H3,(H,22,23)(H,24,25). The van der Waals surface area contributed by atoms with Crippen LogP contribution in [0.1, 0.15) is 48.4 Å². The van der Waals surface area contributed by atoms with E-state index < -0.39 is 11.9 Å². The molecular weight excluding hydrogens is 370 g/mol. The largest absolute Gasteiger partial charge is 0.487 e. The first kappa shape index (κ1) is 20.6. The smallest absolute Gasteiger partial charge is 0.335 e. The summed E-state index contributed by atoms with van der Waals surface area (Å²) in [6.07, 6.45) is -0.234. The third-order valence-corrected chi connectivity index (χ3v) is 3.66. The number of hydrogen-bond acceptors (Lipinski definition) is 4. The van der Waals surface area contributed by atoms with E-state index in [1.807, 2.05) is 27.7 Å². The van der Waals surface area contributed by atoms with Crippen LogP contribution in [-0.2, 0) is 0 Å². The first-order valence-electron chi connectivity index (χ1n) is 8.49. The lowest BCUT2D eigenvalue weighted by atomic mass is 10.1. The van der Waals surface area contributed by atoms with Crippen LogP contribution in [0.3, 0.4) is 0 Å². The Morgan fingerprint density at radius 1 is 0.963 bits per heavy atom. The Bertz CT molecular complexity index is 831. The molecule has 0 saturated carbocycles. The normalized spacial score (nSPS) is 10.8. The van der Waals surface area contributed by atoms with Gasteiger partial charge < -0.3 is 19.9 Å². The Balaban J connectivity index is 2.29. The van der Waals surface area contributed by atoms with E-state index in [0.29, 0.717) is 22.7 Å². The van der Waals surface area contributed by atoms with Gasteiger partial charge >= 0.3 is 5.97 Å². The maximum absolute atomic E-state index is 12.6. The molecule has 6 nitrogen and oxygen atoms in total. The maximum Gasteiger partial charge on any atom is 0.335 e. The van der Waals surface area contributed by atoms with Crippen molar-refractivity contribution in [3.63, 3.8) is 0 Å². The number of carboxylic acid groups (broad SMARTS) is 1. The number of aromatic carboxylic acids is 1. The lowest BCUT2D eigenvalue weighted by Gasteiger charge is -2.19. The molecule has 0 radical (unpaired) electrons. The Morgan fingerprint density at radius 3 is 2.07 bits per heavy atom. The van der Waals surface area contributed by atoms with Gasteiger partial charge in [-0.3, -0.25) is 4.79 Å². The van der Waals surface area contributed by atoms with Gasteiger partial charge in [0.25, 0.3) is 5.91 Å². The number of nitrogens with one attached hydrogen (secondary N) is 1. The predicted octanol–water partition coefficient (Wildman–Crippen LogP) is 4.86. The van der Waals surface area contributed by atoms with Gasteiger partial charge in [-0.2, -0.15) is 0 Å². The van der Waals surface area contributed by atoms with Crippen LogP contribution in [0.4, 0.5) is 5.69 Å². The SMILES string of the molecule is CC(C)Oc1cc(C(=O)Nc2ccc(C(=O)O)cc2)cc(Cl)c1OC(C)C. The second-order valence-corrected chi connectivity index (χ2v) is 6.86. The van der Waals surface area contributed by atoms with Crippen molar-refractivity contribution < 1.29 is 24.2 Å². The summed E-state index contributed by atoms with van der Waals surface area (Å²) in [5.74, 6) is -0.652. The number of amides is 1. The molecular formula is C20H22ClNO5. The zero-order valence-corrected chi connectivity index (χ0v) is 16.3. The molecule has 1 amide bonds. The van der Waals surface area contributed by atoms with Gasteiger partial charge in [0.05, 0.1) is 22.8 Å². The maximum atomic E-state index is 12.6. The zero-order chi connectivity index (χ0) is 20.1. The molecule has 144 valence electrons. The monoisotopic (exact) mass is 391 g/mol. The molecule has 2 aromatic carbocycles. The highest BCUT2D eigenvalue weighted by Crippen LogP contribution is 2.38. The van der Waals surface area contributed by atoms with Gasteiger partial charge in [0.2, 0.25) is 0 Å². The number of ether oxygens (including phenoxy) is 2. The summed E-state index contributed by atoms with van der Waals surface area (Å²) in [6, 6.07) is 8.95. The molecule has 0 aliphatic carbocycles. The van der Waals surface area contributed by atoms with Crippen LogP contribution in [0.25, 0.3) is 0 Å². The first-order valence-corrected chi connectivity index (χ1v) is 8.86. The molecule has 0 heterocycles. The molecule has 0 aliphatic heterocycles. The van der Waals surface area contributed by atoms with E-state index >= 15 is 0 Å². The number of benzene rings is 2. The van der Waals surface area contributed by atoms with E-state index in [1.54, 1.807) is 6.07 Å². The summed E-state index contributed by atoms with van der Waals surface area (Å²) < 4.78 is 11.5. The highest BCUT2D eigenvalue weighted by atomic mass is 35.5. The fraction of sp³-hybridized carbons (Fsp3) is 0.300. The summed E-state index contributed by atoms with van der Waals surface area (Å²) in [5, 5.41) is 11.9. The second-order valence-electron chi connectivity index (χ2n) is 6.46. The van der Waals surface area contributed by atoms with Gasteiger partial charge in [-0.15, -0.1) is 0 Å². The molecule has 0 aromatic heterocycles. The quantitative estimate of drug-likeness (QED) is 0.703. The molecule has 2 aromatic rings. The van der Waals surface area contributed by atoms with E-state index in [0.717, 1.165) is 0 Å². The summed E-state index contributed by atoms with van der Waals surface area (Å²) in [4.78, 5) is 23.5. The van der Waals surface area contributed by atoms with Crippen molar-refractivity contribution in [1.29, 1.82) is 0 Å². The molecule has 0 unspecified atom stereocenters. The van der Waals surface area contributed by atoms with Crippen molar-refractivity contribution in [3.05, 3.63) is 52.5 Å². The fourth-order valence-electron chi connectivity index (χ4n) is 2.29. The molecule has 0 aliphatic rings. The molecule has 0 bridgehead atoms. The number of carbonyl (C=O) groups is 2. The zero-order valence-electron chi connectivity index (χ0n) is 15.6. The predicted molar refractivity (Wildman–Crippen MR) is 104 cm³/mol. The van der Waals surface area contributed by atoms with Crippen molar-refractivity contribution in [1.82, 2.24) is 0 Å². The van der Waals surface area contributed by atoms with Crippen molar-refractivity contribution in [2.45, 2.75) is 39.9 Å². The lowest BCUT2D eigenvalue weighted by molar-refractivity contribution is 0.0696. The van der Waals surface area contributed by atoms with E-state index in [1.165, 1.54) is 30.3 Å². The number of rotatable bonds is 7. The first-order chi connectivity index (χ1) is 12.7. The van der Waals surface area contributed by atoms with Crippen LogP contribution < -0.4 is 14.8 Å².